The highest BCUT2D eigenvalue weighted by Crippen LogP contribution is 1.84. The molecule has 0 aromatic heterocycles. The molecule has 0 aromatic carbocycles. The highest BCUT2D eigenvalue weighted by atomic mass is 35.5. The molecule has 9 heavy (non-hydrogen) atoms. The molecule has 2 nitrogen and oxygen atoms in total. The lowest BCUT2D eigenvalue weighted by molar-refractivity contribution is 1.25. The Labute approximate surface area is 59.8 Å². The number of rotatable bonds is 3. The second-order valence-electron chi connectivity index (χ2n) is 1.44. The van der Waals surface area contributed by atoms with Gasteiger partial charge >= 0.3 is 0 Å². The van der Waals surface area contributed by atoms with Crippen molar-refractivity contribution in [2.75, 3.05) is 0 Å². The minimum atomic E-state index is 0.553. The molecule has 0 saturated heterocycles. The van der Waals surface area contributed by atoms with Gasteiger partial charge in [0.25, 0.3) is 0 Å². The Balaban J connectivity index is 3.57. The van der Waals surface area contributed by atoms with Crippen LogP contribution >= 0.6 is 11.6 Å². The van der Waals surface area contributed by atoms with Crippen molar-refractivity contribution in [2.24, 2.45) is 4.99 Å². The summed E-state index contributed by atoms with van der Waals surface area (Å²) in [5.74, 6) is 0. The third-order valence-electron chi connectivity index (χ3n) is 0.799. The van der Waals surface area contributed by atoms with Crippen LogP contribution in [0.2, 0.25) is 0 Å². The van der Waals surface area contributed by atoms with Gasteiger partial charge in [-0.3, -0.25) is 4.99 Å². The molecule has 0 saturated carbocycles. The Morgan fingerprint density at radius 1 is 1.78 bits per heavy atom. The highest BCUT2D eigenvalue weighted by Gasteiger charge is 1.79. The van der Waals surface area contributed by atoms with Crippen molar-refractivity contribution in [3.8, 4) is 0 Å². The van der Waals surface area contributed by atoms with Crippen LogP contribution in [0.4, 0.5) is 0 Å². The van der Waals surface area contributed by atoms with E-state index in [0.717, 1.165) is 6.42 Å². The molecule has 0 unspecified atom stereocenters. The molecule has 0 bridgehead atoms. The highest BCUT2D eigenvalue weighted by molar-refractivity contribution is 6.56. The van der Waals surface area contributed by atoms with Crippen molar-refractivity contribution >= 4 is 23.0 Å². The lowest BCUT2D eigenvalue weighted by atomic mass is 10.3. The number of aliphatic imine (C=N–C) groups is 1. The first-order valence-corrected chi connectivity index (χ1v) is 3.10. The number of nitrogens with one attached hydrogen (secondary N) is 1. The van der Waals surface area contributed by atoms with Crippen molar-refractivity contribution in [3.63, 3.8) is 0 Å². The average molecular weight is 145 g/mol. The van der Waals surface area contributed by atoms with E-state index >= 15 is 0 Å². The van der Waals surface area contributed by atoms with E-state index in [1.807, 2.05) is 6.92 Å². The van der Waals surface area contributed by atoms with Crippen LogP contribution in [0.3, 0.4) is 0 Å². The maximum Gasteiger partial charge on any atom is 0.0926 e. The van der Waals surface area contributed by atoms with Crippen LogP contribution in [0.25, 0.3) is 0 Å². The minimum Gasteiger partial charge on any atom is -0.305 e. The predicted molar refractivity (Wildman–Crippen MR) is 41.5 cm³/mol. The Hall–Kier alpha value is -0.630. The SMILES string of the molecule is CCC(=N)/C=C\N=CCl. The van der Waals surface area contributed by atoms with E-state index in [4.69, 9.17) is 17.0 Å². The van der Waals surface area contributed by atoms with Gasteiger partial charge in [-0.05, 0) is 12.5 Å². The van der Waals surface area contributed by atoms with Gasteiger partial charge in [-0.25, -0.2) is 0 Å². The number of hydrogen-bond acceptors (Lipinski definition) is 2. The zero-order valence-corrected chi connectivity index (χ0v) is 6.02. The van der Waals surface area contributed by atoms with Gasteiger partial charge in [-0.2, -0.15) is 0 Å². The summed E-state index contributed by atoms with van der Waals surface area (Å²) in [6.45, 7) is 1.91. The van der Waals surface area contributed by atoms with Crippen LogP contribution in [0.5, 0.6) is 0 Å². The standard InChI is InChI=1S/C6H9ClN2/c1-2-6(8)3-4-9-5-7/h3-5,8H,2H2,1H3/b4-3-,8-6?,9-5?. The Kier molecular flexibility index (Phi) is 5.12. The first kappa shape index (κ1) is 8.37. The monoisotopic (exact) mass is 144 g/mol. The summed E-state index contributed by atoms with van der Waals surface area (Å²) in [7, 11) is 0. The van der Waals surface area contributed by atoms with Crippen molar-refractivity contribution in [3.05, 3.63) is 12.3 Å². The van der Waals surface area contributed by atoms with Gasteiger partial charge in [-0.15, -0.1) is 0 Å². The molecular weight excluding hydrogens is 136 g/mol. The molecule has 0 heterocycles. The molecule has 0 spiro atoms. The summed E-state index contributed by atoms with van der Waals surface area (Å²) < 4.78 is 0. The molecule has 50 valence electrons. The average Bonchev–Trinajstić information content (AvgIpc) is 1.89. The fraction of sp³-hybridized carbons (Fsp3) is 0.333. The number of hydrogen-bond donors (Lipinski definition) is 1. The van der Waals surface area contributed by atoms with Gasteiger partial charge in [0.15, 0.2) is 0 Å². The lowest BCUT2D eigenvalue weighted by Crippen LogP contribution is -1.83. The van der Waals surface area contributed by atoms with Crippen LogP contribution in [-0.4, -0.2) is 11.4 Å². The van der Waals surface area contributed by atoms with Crippen LogP contribution in [0.1, 0.15) is 13.3 Å². The van der Waals surface area contributed by atoms with Gasteiger partial charge in [0, 0.05) is 11.9 Å². The summed E-state index contributed by atoms with van der Waals surface area (Å²) in [4.78, 5) is 3.58. The molecule has 0 aromatic rings. The summed E-state index contributed by atoms with van der Waals surface area (Å²) >= 11 is 5.11. The molecule has 0 radical (unpaired) electrons. The molecule has 3 heteroatoms. The molecule has 0 rings (SSSR count). The fourth-order valence-electron chi connectivity index (χ4n) is 0.283. The van der Waals surface area contributed by atoms with Crippen molar-refractivity contribution < 1.29 is 0 Å². The Bertz CT molecular complexity index is 138. The molecule has 0 aliphatic carbocycles. The predicted octanol–water partition coefficient (Wildman–Crippen LogP) is 2.20. The van der Waals surface area contributed by atoms with Crippen LogP contribution in [0, 0.1) is 5.41 Å². The van der Waals surface area contributed by atoms with Gasteiger partial charge in [0.05, 0.1) is 5.67 Å². The van der Waals surface area contributed by atoms with E-state index in [1.165, 1.54) is 11.9 Å². The quantitative estimate of drug-likeness (QED) is 0.590. The Morgan fingerprint density at radius 3 is 2.89 bits per heavy atom. The van der Waals surface area contributed by atoms with Gasteiger partial charge in [-0.1, -0.05) is 18.5 Å². The van der Waals surface area contributed by atoms with E-state index in [-0.39, 0.29) is 0 Å². The summed E-state index contributed by atoms with van der Waals surface area (Å²) in [6.07, 6.45) is 3.84. The lowest BCUT2D eigenvalue weighted by Gasteiger charge is -1.84. The van der Waals surface area contributed by atoms with E-state index in [9.17, 15) is 0 Å². The van der Waals surface area contributed by atoms with E-state index < -0.39 is 0 Å². The van der Waals surface area contributed by atoms with Crippen LogP contribution in [-0.2, 0) is 0 Å². The van der Waals surface area contributed by atoms with Gasteiger partial charge in [0.1, 0.15) is 0 Å². The fourth-order valence-corrected chi connectivity index (χ4v) is 0.348. The van der Waals surface area contributed by atoms with E-state index in [2.05, 4.69) is 4.99 Å². The summed E-state index contributed by atoms with van der Waals surface area (Å²) in [6, 6.07) is 0. The number of allylic oxidation sites excluding steroid dienone is 1. The molecule has 0 atom stereocenters. The zero-order chi connectivity index (χ0) is 7.11. The largest absolute Gasteiger partial charge is 0.305 e. The number of nitrogens with zero attached hydrogens (tertiary/aromatic N) is 1. The van der Waals surface area contributed by atoms with Crippen molar-refractivity contribution in [1.82, 2.24) is 0 Å². The van der Waals surface area contributed by atoms with Crippen molar-refractivity contribution in [1.29, 1.82) is 5.41 Å². The minimum absolute atomic E-state index is 0.553. The smallest absolute Gasteiger partial charge is 0.0926 e. The zero-order valence-electron chi connectivity index (χ0n) is 5.26. The second kappa shape index (κ2) is 5.51. The molecule has 0 aliphatic heterocycles. The summed E-state index contributed by atoms with van der Waals surface area (Å²) in [5, 5.41) is 7.11. The van der Waals surface area contributed by atoms with Gasteiger partial charge < -0.3 is 5.41 Å². The van der Waals surface area contributed by atoms with E-state index in [0.29, 0.717) is 5.71 Å². The third-order valence-corrected chi connectivity index (χ3v) is 0.912. The molecule has 0 aliphatic rings. The third kappa shape index (κ3) is 5.24. The second-order valence-corrected chi connectivity index (χ2v) is 1.64. The normalized spacial score (nSPS) is 11.3. The van der Waals surface area contributed by atoms with E-state index in [1.54, 1.807) is 6.08 Å². The van der Waals surface area contributed by atoms with Crippen LogP contribution < -0.4 is 0 Å². The first-order chi connectivity index (χ1) is 4.31. The maximum absolute atomic E-state index is 7.11. The van der Waals surface area contributed by atoms with Crippen LogP contribution in [0.15, 0.2) is 17.3 Å². The number of halogens is 1. The molecule has 0 fully saturated rings. The van der Waals surface area contributed by atoms with Crippen molar-refractivity contribution in [2.45, 2.75) is 13.3 Å². The first-order valence-electron chi connectivity index (χ1n) is 2.67. The molecule has 1 N–H and O–H groups in total. The molecule has 0 amide bonds. The topological polar surface area (TPSA) is 36.2 Å². The van der Waals surface area contributed by atoms with Gasteiger partial charge in [0.2, 0.25) is 0 Å². The summed E-state index contributed by atoms with van der Waals surface area (Å²) in [5.41, 5.74) is 1.72. The molecular formula is C6H9ClN2. The Morgan fingerprint density at radius 2 is 2.44 bits per heavy atom. The maximum atomic E-state index is 7.11.